The molecule has 0 atom stereocenters. The number of hydrogen-bond acceptors (Lipinski definition) is 5. The van der Waals surface area contributed by atoms with Gasteiger partial charge in [-0.05, 0) is 53.3 Å². The summed E-state index contributed by atoms with van der Waals surface area (Å²) >= 11 is 0. The van der Waals surface area contributed by atoms with Crippen LogP contribution in [0, 0.1) is 0 Å². The SMILES string of the molecule is COc1ccc(C2(c3ccc(OC)cc3OC)C=Cc3c(ccc4ccccc34)O2)c(OC)c1. The Hall–Kier alpha value is -4.12. The molecule has 1 aliphatic rings. The minimum absolute atomic E-state index is 0.645. The minimum atomic E-state index is -1.01. The molecule has 1 aliphatic heterocycles. The van der Waals surface area contributed by atoms with Gasteiger partial charge in [-0.1, -0.05) is 30.3 Å². The molecule has 0 unspecified atom stereocenters. The van der Waals surface area contributed by atoms with Gasteiger partial charge in [0.15, 0.2) is 5.60 Å². The third kappa shape index (κ3) is 3.41. The van der Waals surface area contributed by atoms with E-state index in [1.165, 1.54) is 0 Å². The summed E-state index contributed by atoms with van der Waals surface area (Å²) in [5, 5.41) is 2.29. The fourth-order valence-corrected chi connectivity index (χ4v) is 4.59. The van der Waals surface area contributed by atoms with Gasteiger partial charge >= 0.3 is 0 Å². The van der Waals surface area contributed by atoms with Gasteiger partial charge in [-0.25, -0.2) is 0 Å². The van der Waals surface area contributed by atoms with Crippen LogP contribution in [0.4, 0.5) is 0 Å². The molecule has 0 spiro atoms. The van der Waals surface area contributed by atoms with Gasteiger partial charge in [-0.3, -0.25) is 0 Å². The molecule has 4 aromatic carbocycles. The first-order valence-corrected chi connectivity index (χ1v) is 11.0. The third-order valence-corrected chi connectivity index (χ3v) is 6.30. The number of methoxy groups -OCH3 is 4. The van der Waals surface area contributed by atoms with Crippen LogP contribution in [0.5, 0.6) is 28.7 Å². The summed E-state index contributed by atoms with van der Waals surface area (Å²) in [7, 11) is 6.56. The van der Waals surface area contributed by atoms with Crippen LogP contribution < -0.4 is 23.7 Å². The molecule has 0 N–H and O–H groups in total. The van der Waals surface area contributed by atoms with Gasteiger partial charge in [0.1, 0.15) is 28.7 Å². The largest absolute Gasteiger partial charge is 0.497 e. The number of hydrogen-bond donors (Lipinski definition) is 0. The average molecular weight is 455 g/mol. The van der Waals surface area contributed by atoms with Crippen molar-refractivity contribution in [2.45, 2.75) is 5.60 Å². The van der Waals surface area contributed by atoms with Gasteiger partial charge in [-0.2, -0.15) is 0 Å². The first-order chi connectivity index (χ1) is 16.6. The summed E-state index contributed by atoms with van der Waals surface area (Å²) in [6, 6.07) is 23.9. The molecule has 0 aromatic heterocycles. The topological polar surface area (TPSA) is 46.2 Å². The molecule has 0 amide bonds. The van der Waals surface area contributed by atoms with Gasteiger partial charge in [-0.15, -0.1) is 0 Å². The lowest BCUT2D eigenvalue weighted by molar-refractivity contribution is 0.152. The van der Waals surface area contributed by atoms with Gasteiger partial charge in [0.25, 0.3) is 0 Å². The quantitative estimate of drug-likeness (QED) is 0.346. The van der Waals surface area contributed by atoms with E-state index in [9.17, 15) is 0 Å². The minimum Gasteiger partial charge on any atom is -0.497 e. The normalized spacial score (nSPS) is 13.6. The second-order valence-corrected chi connectivity index (χ2v) is 8.00. The Balaban J connectivity index is 1.79. The van der Waals surface area contributed by atoms with Crippen molar-refractivity contribution < 1.29 is 23.7 Å². The van der Waals surface area contributed by atoms with Crippen molar-refractivity contribution in [1.82, 2.24) is 0 Å². The fourth-order valence-electron chi connectivity index (χ4n) is 4.59. The third-order valence-electron chi connectivity index (χ3n) is 6.30. The lowest BCUT2D eigenvalue weighted by atomic mass is 9.82. The molecule has 5 heteroatoms. The zero-order valence-corrected chi connectivity index (χ0v) is 19.6. The summed E-state index contributed by atoms with van der Waals surface area (Å²) in [5.41, 5.74) is 1.68. The Bertz CT molecular complexity index is 1330. The van der Waals surface area contributed by atoms with E-state index in [-0.39, 0.29) is 0 Å². The predicted molar refractivity (Wildman–Crippen MR) is 133 cm³/mol. The van der Waals surface area contributed by atoms with Gasteiger partial charge < -0.3 is 23.7 Å². The van der Waals surface area contributed by atoms with Gasteiger partial charge in [0.2, 0.25) is 0 Å². The first kappa shape index (κ1) is 21.7. The highest BCUT2D eigenvalue weighted by Gasteiger charge is 2.42. The Morgan fingerprint density at radius 1 is 0.647 bits per heavy atom. The van der Waals surface area contributed by atoms with Crippen molar-refractivity contribution >= 4 is 16.8 Å². The van der Waals surface area contributed by atoms with E-state index in [0.29, 0.717) is 23.0 Å². The zero-order chi connectivity index (χ0) is 23.7. The standard InChI is InChI=1S/C29H26O5/c1-30-20-10-12-24(27(17-20)32-3)29(25-13-11-21(31-2)18-28(25)33-4)16-15-23-22-8-6-5-7-19(22)9-14-26(23)34-29/h5-18H,1-4H3. The maximum atomic E-state index is 6.90. The molecule has 1 heterocycles. The smallest absolute Gasteiger partial charge is 0.185 e. The molecular weight excluding hydrogens is 428 g/mol. The fraction of sp³-hybridized carbons (Fsp3) is 0.172. The van der Waals surface area contributed by atoms with E-state index in [2.05, 4.69) is 30.4 Å². The van der Waals surface area contributed by atoms with E-state index >= 15 is 0 Å². The number of rotatable bonds is 6. The van der Waals surface area contributed by atoms with Crippen LogP contribution in [0.3, 0.4) is 0 Å². The Morgan fingerprint density at radius 3 is 1.85 bits per heavy atom. The second kappa shape index (κ2) is 8.67. The first-order valence-electron chi connectivity index (χ1n) is 11.0. The molecule has 172 valence electrons. The number of ether oxygens (including phenoxy) is 5. The van der Waals surface area contributed by atoms with Crippen LogP contribution >= 0.6 is 0 Å². The molecule has 0 aliphatic carbocycles. The van der Waals surface area contributed by atoms with E-state index < -0.39 is 5.60 Å². The lowest BCUT2D eigenvalue weighted by Gasteiger charge is -2.37. The maximum absolute atomic E-state index is 6.90. The number of fused-ring (bicyclic) bond motifs is 3. The van der Waals surface area contributed by atoms with E-state index in [4.69, 9.17) is 23.7 Å². The second-order valence-electron chi connectivity index (χ2n) is 8.00. The van der Waals surface area contributed by atoms with Gasteiger partial charge in [0.05, 0.1) is 28.4 Å². The Labute approximate surface area is 199 Å². The Kier molecular flexibility index (Phi) is 5.54. The lowest BCUT2D eigenvalue weighted by Crippen LogP contribution is -2.35. The summed E-state index contributed by atoms with van der Waals surface area (Å²) in [5.74, 6) is 3.46. The summed E-state index contributed by atoms with van der Waals surface area (Å²) in [6.07, 6.45) is 4.19. The van der Waals surface area contributed by atoms with E-state index in [1.54, 1.807) is 28.4 Å². The Morgan fingerprint density at radius 2 is 1.26 bits per heavy atom. The van der Waals surface area contributed by atoms with Crippen molar-refractivity contribution in [3.8, 4) is 28.7 Å². The summed E-state index contributed by atoms with van der Waals surface area (Å²) in [4.78, 5) is 0. The van der Waals surface area contributed by atoms with Crippen molar-refractivity contribution in [3.63, 3.8) is 0 Å². The van der Waals surface area contributed by atoms with Crippen LogP contribution in [-0.4, -0.2) is 28.4 Å². The molecule has 5 nitrogen and oxygen atoms in total. The molecule has 0 saturated carbocycles. The predicted octanol–water partition coefficient (Wildman–Crippen LogP) is 6.22. The van der Waals surface area contributed by atoms with Crippen LogP contribution in [-0.2, 0) is 5.60 Å². The summed E-state index contributed by atoms with van der Waals surface area (Å²) in [6.45, 7) is 0. The molecule has 0 fully saturated rings. The van der Waals surface area contributed by atoms with Crippen molar-refractivity contribution in [2.24, 2.45) is 0 Å². The van der Waals surface area contributed by atoms with Crippen LogP contribution in [0.15, 0.2) is 78.9 Å². The molecule has 5 rings (SSSR count). The van der Waals surface area contributed by atoms with Crippen molar-refractivity contribution in [1.29, 1.82) is 0 Å². The van der Waals surface area contributed by atoms with Crippen LogP contribution in [0.25, 0.3) is 16.8 Å². The number of benzene rings is 4. The highest BCUT2D eigenvalue weighted by atomic mass is 16.5. The molecule has 0 bridgehead atoms. The molecule has 34 heavy (non-hydrogen) atoms. The maximum Gasteiger partial charge on any atom is 0.185 e. The molecular formula is C29H26O5. The van der Waals surface area contributed by atoms with Crippen LogP contribution in [0.2, 0.25) is 0 Å². The average Bonchev–Trinajstić information content (AvgIpc) is 2.91. The van der Waals surface area contributed by atoms with Gasteiger partial charge in [0, 0.05) is 28.8 Å². The zero-order valence-electron chi connectivity index (χ0n) is 19.6. The van der Waals surface area contributed by atoms with Crippen molar-refractivity contribution in [3.05, 3.63) is 95.6 Å². The highest BCUT2D eigenvalue weighted by Crippen LogP contribution is 2.50. The van der Waals surface area contributed by atoms with Crippen molar-refractivity contribution in [2.75, 3.05) is 28.4 Å². The molecule has 0 radical (unpaired) electrons. The van der Waals surface area contributed by atoms with E-state index in [0.717, 1.165) is 33.2 Å². The molecule has 4 aromatic rings. The van der Waals surface area contributed by atoms with E-state index in [1.807, 2.05) is 54.6 Å². The monoisotopic (exact) mass is 454 g/mol. The molecule has 0 saturated heterocycles. The van der Waals surface area contributed by atoms with Crippen LogP contribution in [0.1, 0.15) is 16.7 Å². The summed E-state index contributed by atoms with van der Waals surface area (Å²) < 4.78 is 29.4. The highest BCUT2D eigenvalue weighted by molar-refractivity contribution is 5.94.